The SMILES string of the molecule is CC1(C)CNC(=O)[C@@H]1C[C@@H](C=O)NC(=O)C1[C@@H]2CCC[C@H]2CN1C(=O)COc1ccc(Cl)cc1Cl. The lowest BCUT2D eigenvalue weighted by atomic mass is 9.78. The highest BCUT2D eigenvalue weighted by atomic mass is 35.5. The van der Waals surface area contributed by atoms with Crippen LogP contribution in [0.4, 0.5) is 0 Å². The second-order valence-corrected chi connectivity index (χ2v) is 11.3. The molecule has 3 fully saturated rings. The number of halogens is 2. The van der Waals surface area contributed by atoms with Crippen LogP contribution in [-0.2, 0) is 19.2 Å². The molecular formula is C25H31Cl2N3O5. The van der Waals surface area contributed by atoms with Gasteiger partial charge >= 0.3 is 0 Å². The molecular weight excluding hydrogens is 493 g/mol. The Kier molecular flexibility index (Phi) is 7.62. The van der Waals surface area contributed by atoms with E-state index in [4.69, 9.17) is 27.9 Å². The predicted octanol–water partition coefficient (Wildman–Crippen LogP) is 2.85. The summed E-state index contributed by atoms with van der Waals surface area (Å²) in [7, 11) is 0. The number of hydrogen-bond donors (Lipinski definition) is 2. The van der Waals surface area contributed by atoms with Crippen LogP contribution in [0.15, 0.2) is 18.2 Å². The van der Waals surface area contributed by atoms with Gasteiger partial charge in [0.15, 0.2) is 6.61 Å². The highest BCUT2D eigenvalue weighted by Crippen LogP contribution is 2.42. The van der Waals surface area contributed by atoms with Crippen LogP contribution in [0.1, 0.15) is 39.5 Å². The number of rotatable bonds is 8. The summed E-state index contributed by atoms with van der Waals surface area (Å²) in [5, 5.41) is 6.41. The van der Waals surface area contributed by atoms with Crippen molar-refractivity contribution in [1.29, 1.82) is 0 Å². The van der Waals surface area contributed by atoms with Crippen molar-refractivity contribution >= 4 is 47.2 Å². The number of fused-ring (bicyclic) bond motifs is 1. The van der Waals surface area contributed by atoms with E-state index in [9.17, 15) is 19.2 Å². The van der Waals surface area contributed by atoms with Crippen LogP contribution >= 0.6 is 23.2 Å². The van der Waals surface area contributed by atoms with Gasteiger partial charge in [-0.15, -0.1) is 0 Å². The first-order valence-corrected chi connectivity index (χ1v) is 12.8. The number of hydrogen-bond acceptors (Lipinski definition) is 5. The Balaban J connectivity index is 1.44. The van der Waals surface area contributed by atoms with Crippen molar-refractivity contribution in [2.45, 2.75) is 51.6 Å². The largest absolute Gasteiger partial charge is 0.482 e. The van der Waals surface area contributed by atoms with E-state index in [2.05, 4.69) is 10.6 Å². The van der Waals surface area contributed by atoms with E-state index in [0.29, 0.717) is 35.2 Å². The Labute approximate surface area is 215 Å². The number of benzene rings is 1. The number of ether oxygens (including phenoxy) is 1. The van der Waals surface area contributed by atoms with E-state index in [1.165, 1.54) is 6.07 Å². The fraction of sp³-hybridized carbons (Fsp3) is 0.600. The number of carbonyl (C=O) groups excluding carboxylic acids is 4. The van der Waals surface area contributed by atoms with Crippen molar-refractivity contribution in [3.8, 4) is 5.75 Å². The van der Waals surface area contributed by atoms with Crippen LogP contribution in [0.3, 0.4) is 0 Å². The number of likely N-dealkylation sites (tertiary alicyclic amines) is 1. The zero-order valence-electron chi connectivity index (χ0n) is 19.9. The number of carbonyl (C=O) groups is 4. The summed E-state index contributed by atoms with van der Waals surface area (Å²) < 4.78 is 5.63. The lowest BCUT2D eigenvalue weighted by molar-refractivity contribution is -0.141. The molecule has 0 radical (unpaired) electrons. The molecule has 1 saturated carbocycles. The molecule has 10 heteroatoms. The predicted molar refractivity (Wildman–Crippen MR) is 131 cm³/mol. The molecule has 2 heterocycles. The zero-order valence-corrected chi connectivity index (χ0v) is 21.4. The monoisotopic (exact) mass is 523 g/mol. The molecule has 0 spiro atoms. The fourth-order valence-electron chi connectivity index (χ4n) is 5.73. The van der Waals surface area contributed by atoms with Crippen molar-refractivity contribution in [2.75, 3.05) is 19.7 Å². The van der Waals surface area contributed by atoms with Crippen molar-refractivity contribution in [3.63, 3.8) is 0 Å². The first-order valence-electron chi connectivity index (χ1n) is 12.0. The molecule has 4 rings (SSSR count). The molecule has 8 nitrogen and oxygen atoms in total. The Morgan fingerprint density at radius 2 is 2.09 bits per heavy atom. The average molecular weight is 524 g/mol. The van der Waals surface area contributed by atoms with E-state index in [0.717, 1.165) is 19.3 Å². The molecule has 2 N–H and O–H groups in total. The van der Waals surface area contributed by atoms with Gasteiger partial charge in [0, 0.05) is 24.0 Å². The standard InChI is InChI=1S/C25H31Cl2N3O5/c1-25(2)13-28-23(33)18(25)9-16(11-31)29-24(34)22-17-5-3-4-14(17)10-30(22)21(32)12-35-20-7-6-15(26)8-19(20)27/h6-8,11,14,16-18,22H,3-5,9-10,12-13H2,1-2H3,(H,28,33)(H,29,34)/t14-,16-,17+,18-,22?/m0/s1. The van der Waals surface area contributed by atoms with Gasteiger partial charge in [-0.2, -0.15) is 0 Å². The molecule has 2 saturated heterocycles. The summed E-state index contributed by atoms with van der Waals surface area (Å²) in [5.74, 6) is -0.545. The first kappa shape index (κ1) is 25.8. The quantitative estimate of drug-likeness (QED) is 0.509. The van der Waals surface area contributed by atoms with Gasteiger partial charge in [-0.05, 0) is 54.7 Å². The summed E-state index contributed by atoms with van der Waals surface area (Å²) in [5.41, 5.74) is -0.310. The lowest BCUT2D eigenvalue weighted by Crippen LogP contribution is -2.53. The molecule has 3 aliphatic rings. The first-order chi connectivity index (χ1) is 16.6. The Morgan fingerprint density at radius 1 is 1.31 bits per heavy atom. The molecule has 1 unspecified atom stereocenters. The highest BCUT2D eigenvalue weighted by Gasteiger charge is 2.50. The van der Waals surface area contributed by atoms with Crippen molar-refractivity contribution in [2.24, 2.45) is 23.2 Å². The molecule has 2 aliphatic heterocycles. The van der Waals surface area contributed by atoms with Crippen LogP contribution in [0.25, 0.3) is 0 Å². The zero-order chi connectivity index (χ0) is 25.3. The summed E-state index contributed by atoms with van der Waals surface area (Å²) in [6.45, 7) is 4.67. The van der Waals surface area contributed by atoms with Crippen LogP contribution in [0.2, 0.25) is 10.0 Å². The Morgan fingerprint density at radius 3 is 2.74 bits per heavy atom. The van der Waals surface area contributed by atoms with Crippen LogP contribution in [0, 0.1) is 23.2 Å². The second-order valence-electron chi connectivity index (χ2n) is 10.5. The smallest absolute Gasteiger partial charge is 0.261 e. The third-order valence-corrected chi connectivity index (χ3v) is 8.21. The molecule has 0 aromatic heterocycles. The van der Waals surface area contributed by atoms with Crippen molar-refractivity contribution < 1.29 is 23.9 Å². The molecule has 1 aliphatic carbocycles. The Hall–Kier alpha value is -2.32. The summed E-state index contributed by atoms with van der Waals surface area (Å²) >= 11 is 12.1. The molecule has 3 amide bonds. The van der Waals surface area contributed by atoms with Crippen molar-refractivity contribution in [3.05, 3.63) is 28.2 Å². The molecule has 5 atom stereocenters. The van der Waals surface area contributed by atoms with Crippen LogP contribution < -0.4 is 15.4 Å². The highest BCUT2D eigenvalue weighted by molar-refractivity contribution is 6.35. The van der Waals surface area contributed by atoms with Gasteiger partial charge in [0.05, 0.1) is 11.1 Å². The van der Waals surface area contributed by atoms with Crippen molar-refractivity contribution in [1.82, 2.24) is 15.5 Å². The van der Waals surface area contributed by atoms with E-state index in [1.54, 1.807) is 17.0 Å². The number of nitrogens with zero attached hydrogens (tertiary/aromatic N) is 1. The van der Waals surface area contributed by atoms with E-state index in [-0.39, 0.29) is 53.9 Å². The van der Waals surface area contributed by atoms with Crippen LogP contribution in [0.5, 0.6) is 5.75 Å². The normalized spacial score (nSPS) is 27.8. The molecule has 1 aromatic carbocycles. The minimum absolute atomic E-state index is 0.0385. The van der Waals surface area contributed by atoms with Gasteiger partial charge in [-0.3, -0.25) is 14.4 Å². The van der Waals surface area contributed by atoms with E-state index in [1.807, 2.05) is 13.8 Å². The topological polar surface area (TPSA) is 105 Å². The lowest BCUT2D eigenvalue weighted by Gasteiger charge is -2.30. The molecule has 1 aromatic rings. The molecule has 35 heavy (non-hydrogen) atoms. The van der Waals surface area contributed by atoms with Gasteiger partial charge in [-0.25, -0.2) is 0 Å². The van der Waals surface area contributed by atoms with Gasteiger partial charge < -0.3 is 25.1 Å². The third-order valence-electron chi connectivity index (χ3n) is 7.68. The summed E-state index contributed by atoms with van der Waals surface area (Å²) in [6, 6.07) is 3.26. The van der Waals surface area contributed by atoms with Gasteiger partial charge in [-0.1, -0.05) is 43.5 Å². The number of aldehydes is 1. The summed E-state index contributed by atoms with van der Waals surface area (Å²) in [4.78, 5) is 52.3. The van der Waals surface area contributed by atoms with E-state index < -0.39 is 12.1 Å². The average Bonchev–Trinajstić information content (AvgIpc) is 3.46. The van der Waals surface area contributed by atoms with E-state index >= 15 is 0 Å². The molecule has 190 valence electrons. The number of nitrogens with one attached hydrogen (secondary N) is 2. The van der Waals surface area contributed by atoms with Gasteiger partial charge in [0.1, 0.15) is 18.1 Å². The maximum atomic E-state index is 13.4. The molecule has 0 bridgehead atoms. The second kappa shape index (κ2) is 10.3. The maximum Gasteiger partial charge on any atom is 0.261 e. The van der Waals surface area contributed by atoms with Gasteiger partial charge in [0.25, 0.3) is 5.91 Å². The number of amides is 3. The third kappa shape index (κ3) is 5.43. The summed E-state index contributed by atoms with van der Waals surface area (Å²) in [6.07, 6.45) is 3.71. The maximum absolute atomic E-state index is 13.4. The van der Waals surface area contributed by atoms with Gasteiger partial charge in [0.2, 0.25) is 11.8 Å². The minimum Gasteiger partial charge on any atom is -0.482 e. The van der Waals surface area contributed by atoms with Crippen LogP contribution in [-0.4, -0.2) is 60.7 Å². The Bertz CT molecular complexity index is 1020. The fourth-order valence-corrected chi connectivity index (χ4v) is 6.19. The minimum atomic E-state index is -0.808.